The SMILES string of the molecule is CC(O)CCCNc1c(Cl)cnn(CC2CCC2)c1=O. The summed E-state index contributed by atoms with van der Waals surface area (Å²) in [7, 11) is 0. The number of nitrogens with zero attached hydrogens (tertiary/aromatic N) is 2. The molecule has 112 valence electrons. The molecular weight excluding hydrogens is 278 g/mol. The lowest BCUT2D eigenvalue weighted by Crippen LogP contribution is -2.31. The highest BCUT2D eigenvalue weighted by Crippen LogP contribution is 2.27. The molecule has 1 unspecified atom stereocenters. The molecule has 0 spiro atoms. The molecule has 5 nitrogen and oxygen atoms in total. The molecule has 1 atom stereocenters. The first-order chi connectivity index (χ1) is 9.58. The van der Waals surface area contributed by atoms with E-state index in [4.69, 9.17) is 11.6 Å². The highest BCUT2D eigenvalue weighted by atomic mass is 35.5. The Morgan fingerprint density at radius 2 is 2.35 bits per heavy atom. The summed E-state index contributed by atoms with van der Waals surface area (Å²) in [6, 6.07) is 0. The summed E-state index contributed by atoms with van der Waals surface area (Å²) in [4.78, 5) is 12.3. The molecule has 0 radical (unpaired) electrons. The summed E-state index contributed by atoms with van der Waals surface area (Å²) in [5.41, 5.74) is 0.271. The van der Waals surface area contributed by atoms with E-state index >= 15 is 0 Å². The third kappa shape index (κ3) is 3.96. The molecule has 1 aromatic rings. The Morgan fingerprint density at radius 1 is 1.60 bits per heavy atom. The number of aromatic nitrogens is 2. The summed E-state index contributed by atoms with van der Waals surface area (Å²) >= 11 is 6.04. The van der Waals surface area contributed by atoms with E-state index in [2.05, 4.69) is 10.4 Å². The van der Waals surface area contributed by atoms with Gasteiger partial charge in [0.15, 0.2) is 0 Å². The van der Waals surface area contributed by atoms with Crippen LogP contribution in [0.4, 0.5) is 5.69 Å². The number of hydrogen-bond donors (Lipinski definition) is 2. The molecule has 0 bridgehead atoms. The molecule has 1 saturated carbocycles. The van der Waals surface area contributed by atoms with Crippen LogP contribution in [-0.4, -0.2) is 27.5 Å². The number of aliphatic hydroxyl groups is 1. The van der Waals surface area contributed by atoms with Crippen LogP contribution in [0.2, 0.25) is 5.02 Å². The molecule has 0 aliphatic heterocycles. The smallest absolute Gasteiger partial charge is 0.291 e. The van der Waals surface area contributed by atoms with Crippen LogP contribution < -0.4 is 10.9 Å². The van der Waals surface area contributed by atoms with Gasteiger partial charge < -0.3 is 10.4 Å². The van der Waals surface area contributed by atoms with E-state index in [1.54, 1.807) is 6.92 Å². The van der Waals surface area contributed by atoms with Gasteiger partial charge in [0, 0.05) is 13.1 Å². The van der Waals surface area contributed by atoms with E-state index in [1.165, 1.54) is 30.1 Å². The van der Waals surface area contributed by atoms with E-state index in [1.807, 2.05) is 0 Å². The summed E-state index contributed by atoms with van der Waals surface area (Å²) in [6.07, 6.45) is 6.29. The highest BCUT2D eigenvalue weighted by molar-refractivity contribution is 6.32. The maximum Gasteiger partial charge on any atom is 0.291 e. The fourth-order valence-electron chi connectivity index (χ4n) is 2.29. The summed E-state index contributed by atoms with van der Waals surface area (Å²) in [5, 5.41) is 16.7. The number of nitrogens with one attached hydrogen (secondary N) is 1. The van der Waals surface area contributed by atoms with Crippen LogP contribution in [0.3, 0.4) is 0 Å². The Hall–Kier alpha value is -1.07. The lowest BCUT2D eigenvalue weighted by molar-refractivity contribution is 0.183. The van der Waals surface area contributed by atoms with E-state index in [-0.39, 0.29) is 11.7 Å². The van der Waals surface area contributed by atoms with Crippen molar-refractivity contribution in [2.45, 2.75) is 51.7 Å². The Labute approximate surface area is 124 Å². The molecule has 0 amide bonds. The molecule has 6 heteroatoms. The standard InChI is InChI=1S/C14H22ClN3O2/c1-10(19)4-3-7-16-13-12(15)8-17-18(14(13)20)9-11-5-2-6-11/h8,10-11,16,19H,2-7,9H2,1H3. The van der Waals surface area contributed by atoms with Crippen molar-refractivity contribution in [3.63, 3.8) is 0 Å². The van der Waals surface area contributed by atoms with Crippen LogP contribution in [0.1, 0.15) is 39.0 Å². The van der Waals surface area contributed by atoms with Gasteiger partial charge in [-0.25, -0.2) is 4.68 Å². The molecule has 2 N–H and O–H groups in total. The van der Waals surface area contributed by atoms with E-state index in [0.29, 0.717) is 36.1 Å². The number of hydrogen-bond acceptors (Lipinski definition) is 4. The average molecular weight is 300 g/mol. The normalized spacial score (nSPS) is 16.8. The van der Waals surface area contributed by atoms with Crippen LogP contribution in [0.25, 0.3) is 0 Å². The summed E-state index contributed by atoms with van der Waals surface area (Å²) in [6.45, 7) is 3.05. The van der Waals surface area contributed by atoms with Crippen molar-refractivity contribution in [2.24, 2.45) is 5.92 Å². The van der Waals surface area contributed by atoms with E-state index < -0.39 is 0 Å². The second-order valence-electron chi connectivity index (χ2n) is 5.57. The largest absolute Gasteiger partial charge is 0.393 e. The van der Waals surface area contributed by atoms with Crippen molar-refractivity contribution in [3.05, 3.63) is 21.6 Å². The van der Waals surface area contributed by atoms with Crippen molar-refractivity contribution in [1.82, 2.24) is 9.78 Å². The summed E-state index contributed by atoms with van der Waals surface area (Å²) in [5.74, 6) is 0.574. The van der Waals surface area contributed by atoms with Crippen molar-refractivity contribution in [1.29, 1.82) is 0 Å². The van der Waals surface area contributed by atoms with Crippen LogP contribution in [0, 0.1) is 5.92 Å². The van der Waals surface area contributed by atoms with Gasteiger partial charge in [-0.3, -0.25) is 4.79 Å². The first-order valence-corrected chi connectivity index (χ1v) is 7.63. The highest BCUT2D eigenvalue weighted by Gasteiger charge is 2.20. The maximum atomic E-state index is 12.3. The number of aliphatic hydroxyl groups excluding tert-OH is 1. The van der Waals surface area contributed by atoms with E-state index in [0.717, 1.165) is 6.42 Å². The van der Waals surface area contributed by atoms with Crippen LogP contribution in [0.15, 0.2) is 11.0 Å². The van der Waals surface area contributed by atoms with Gasteiger partial charge >= 0.3 is 0 Å². The van der Waals surface area contributed by atoms with Gasteiger partial charge in [-0.1, -0.05) is 18.0 Å². The minimum atomic E-state index is -0.319. The van der Waals surface area contributed by atoms with Crippen molar-refractivity contribution in [3.8, 4) is 0 Å². The molecule has 1 aromatic heterocycles. The quantitative estimate of drug-likeness (QED) is 0.758. The van der Waals surface area contributed by atoms with Crippen molar-refractivity contribution < 1.29 is 5.11 Å². The predicted octanol–water partition coefficient (Wildman–Crippen LogP) is 2.27. The predicted molar refractivity (Wildman–Crippen MR) is 80.3 cm³/mol. The molecule has 1 aliphatic carbocycles. The zero-order valence-electron chi connectivity index (χ0n) is 11.8. The van der Waals surface area contributed by atoms with Gasteiger partial charge in [-0.15, -0.1) is 0 Å². The minimum absolute atomic E-state index is 0.151. The fourth-order valence-corrected chi connectivity index (χ4v) is 2.48. The van der Waals surface area contributed by atoms with Crippen molar-refractivity contribution in [2.75, 3.05) is 11.9 Å². The molecule has 1 heterocycles. The Kier molecular flexibility index (Phi) is 5.43. The average Bonchev–Trinajstić information content (AvgIpc) is 2.34. The molecule has 1 fully saturated rings. The second kappa shape index (κ2) is 7.09. The minimum Gasteiger partial charge on any atom is -0.393 e. The molecule has 1 aliphatic rings. The molecule has 0 aromatic carbocycles. The van der Waals surface area contributed by atoms with Gasteiger partial charge in [0.25, 0.3) is 5.56 Å². The van der Waals surface area contributed by atoms with Gasteiger partial charge in [-0.05, 0) is 38.5 Å². The first kappa shape index (κ1) is 15.3. The third-order valence-corrected chi connectivity index (χ3v) is 4.04. The lowest BCUT2D eigenvalue weighted by atomic mass is 9.85. The number of anilines is 1. The second-order valence-corrected chi connectivity index (χ2v) is 5.98. The number of halogens is 1. The Morgan fingerprint density at radius 3 is 2.95 bits per heavy atom. The fraction of sp³-hybridized carbons (Fsp3) is 0.714. The summed E-state index contributed by atoms with van der Waals surface area (Å²) < 4.78 is 1.51. The first-order valence-electron chi connectivity index (χ1n) is 7.25. The number of rotatable bonds is 7. The van der Waals surface area contributed by atoms with Crippen LogP contribution >= 0.6 is 11.6 Å². The molecular formula is C14H22ClN3O2. The van der Waals surface area contributed by atoms with Crippen LogP contribution in [-0.2, 0) is 6.54 Å². The van der Waals surface area contributed by atoms with Gasteiger partial charge in [0.1, 0.15) is 5.69 Å². The zero-order valence-corrected chi connectivity index (χ0v) is 12.6. The maximum absolute atomic E-state index is 12.3. The lowest BCUT2D eigenvalue weighted by Gasteiger charge is -2.25. The monoisotopic (exact) mass is 299 g/mol. The zero-order chi connectivity index (χ0) is 14.5. The molecule has 0 saturated heterocycles. The third-order valence-electron chi connectivity index (χ3n) is 3.75. The van der Waals surface area contributed by atoms with Crippen molar-refractivity contribution >= 4 is 17.3 Å². The van der Waals surface area contributed by atoms with Crippen LogP contribution in [0.5, 0.6) is 0 Å². The molecule has 20 heavy (non-hydrogen) atoms. The van der Waals surface area contributed by atoms with Gasteiger partial charge in [0.2, 0.25) is 0 Å². The Bertz CT molecular complexity index is 498. The van der Waals surface area contributed by atoms with Gasteiger partial charge in [0.05, 0.1) is 17.3 Å². The van der Waals surface area contributed by atoms with Gasteiger partial charge in [-0.2, -0.15) is 5.10 Å². The molecule has 2 rings (SSSR count). The van der Waals surface area contributed by atoms with E-state index in [9.17, 15) is 9.90 Å². The topological polar surface area (TPSA) is 67.2 Å². The Balaban J connectivity index is 1.99.